The largest absolute Gasteiger partial charge is 0.857 e. The van der Waals surface area contributed by atoms with E-state index in [0.717, 1.165) is 5.56 Å². The van der Waals surface area contributed by atoms with Gasteiger partial charge in [-0.1, -0.05) is 22.4 Å². The first-order valence-electron chi connectivity index (χ1n) is 6.26. The first-order valence-corrected chi connectivity index (χ1v) is 6.26. The molecular weight excluding hydrogens is 224 g/mol. The van der Waals surface area contributed by atoms with Crippen molar-refractivity contribution in [1.29, 1.82) is 0 Å². The van der Waals surface area contributed by atoms with Gasteiger partial charge in [-0.3, -0.25) is 0 Å². The second kappa shape index (κ2) is 4.23. The highest BCUT2D eigenvalue weighted by Gasteiger charge is 2.36. The molecule has 3 nitrogen and oxygen atoms in total. The molecule has 0 saturated heterocycles. The van der Waals surface area contributed by atoms with Crippen LogP contribution < -0.4 is 5.11 Å². The number of rotatable bonds is 1. The zero-order valence-electron chi connectivity index (χ0n) is 11.7. The van der Waals surface area contributed by atoms with Gasteiger partial charge in [0.05, 0.1) is 0 Å². The standard InChI is InChI=1S/C15H20N2O/c1-10-6-11(2)13(12(3)7-10)9-17-15(4,5)8-14(18)16-17/h6-7,9H,8H2,1-5H3/b17-9-. The van der Waals surface area contributed by atoms with Crippen LogP contribution in [0.25, 0.3) is 0 Å². The van der Waals surface area contributed by atoms with E-state index in [9.17, 15) is 5.11 Å². The summed E-state index contributed by atoms with van der Waals surface area (Å²) in [6.07, 6.45) is 2.47. The second-order valence-corrected chi connectivity index (χ2v) is 5.77. The molecule has 0 amide bonds. The summed E-state index contributed by atoms with van der Waals surface area (Å²) in [5, 5.41) is 15.5. The Morgan fingerprint density at radius 1 is 1.22 bits per heavy atom. The van der Waals surface area contributed by atoms with Gasteiger partial charge in [0, 0.05) is 31.7 Å². The van der Waals surface area contributed by atoms with Crippen LogP contribution in [0.3, 0.4) is 0 Å². The van der Waals surface area contributed by atoms with Crippen LogP contribution >= 0.6 is 0 Å². The van der Waals surface area contributed by atoms with Gasteiger partial charge in [-0.2, -0.15) is 0 Å². The highest BCUT2D eigenvalue weighted by atomic mass is 16.3. The Morgan fingerprint density at radius 3 is 2.22 bits per heavy atom. The zero-order chi connectivity index (χ0) is 13.5. The number of hydrazone groups is 1. The topological polar surface area (TPSA) is 38.4 Å². The van der Waals surface area contributed by atoms with Crippen molar-refractivity contribution in [2.75, 3.05) is 0 Å². The van der Waals surface area contributed by atoms with E-state index in [4.69, 9.17) is 0 Å². The summed E-state index contributed by atoms with van der Waals surface area (Å²) in [4.78, 5) is 0. The fraction of sp³-hybridized carbons (Fsp3) is 0.467. The fourth-order valence-corrected chi connectivity index (χ4v) is 2.46. The summed E-state index contributed by atoms with van der Waals surface area (Å²) in [6.45, 7) is 10.4. The zero-order valence-corrected chi connectivity index (χ0v) is 11.7. The average molecular weight is 244 g/mol. The first kappa shape index (κ1) is 12.8. The summed E-state index contributed by atoms with van der Waals surface area (Å²) in [5.74, 6) is -0.0429. The molecule has 0 aromatic heterocycles. The Hall–Kier alpha value is -1.64. The molecule has 1 aromatic carbocycles. The molecule has 18 heavy (non-hydrogen) atoms. The summed E-state index contributed by atoms with van der Waals surface area (Å²) >= 11 is 0. The molecule has 0 aliphatic carbocycles. The molecule has 1 aliphatic heterocycles. The number of hydrogen-bond donors (Lipinski definition) is 0. The molecule has 0 fully saturated rings. The fourth-order valence-electron chi connectivity index (χ4n) is 2.46. The molecular formula is C15H20N2O. The van der Waals surface area contributed by atoms with E-state index in [1.54, 1.807) is 4.68 Å². The van der Waals surface area contributed by atoms with Crippen LogP contribution in [-0.2, 0) is 0 Å². The van der Waals surface area contributed by atoms with E-state index < -0.39 is 0 Å². The van der Waals surface area contributed by atoms with Crippen LogP contribution in [0.5, 0.6) is 0 Å². The Labute approximate surface area is 108 Å². The Kier molecular flexibility index (Phi) is 3.01. The molecule has 1 aromatic rings. The maximum absolute atomic E-state index is 11.5. The molecule has 1 aliphatic rings. The molecule has 0 unspecified atom stereocenters. The summed E-state index contributed by atoms with van der Waals surface area (Å²) in [6, 6.07) is 4.31. The third-order valence-corrected chi connectivity index (χ3v) is 3.41. The van der Waals surface area contributed by atoms with Crippen LogP contribution in [0.4, 0.5) is 0 Å². The lowest BCUT2D eigenvalue weighted by atomic mass is 9.99. The van der Waals surface area contributed by atoms with Gasteiger partial charge < -0.3 is 5.11 Å². The van der Waals surface area contributed by atoms with Crippen LogP contribution in [-0.4, -0.2) is 22.3 Å². The van der Waals surface area contributed by atoms with E-state index in [1.807, 2.05) is 20.1 Å². The third-order valence-electron chi connectivity index (χ3n) is 3.41. The predicted molar refractivity (Wildman–Crippen MR) is 72.2 cm³/mol. The molecule has 0 saturated carbocycles. The van der Waals surface area contributed by atoms with E-state index in [1.165, 1.54) is 16.7 Å². The van der Waals surface area contributed by atoms with Crippen molar-refractivity contribution in [3.8, 4) is 0 Å². The van der Waals surface area contributed by atoms with Crippen LogP contribution in [0.2, 0.25) is 0 Å². The third kappa shape index (κ3) is 2.30. The van der Waals surface area contributed by atoms with Crippen molar-refractivity contribution in [2.24, 2.45) is 5.10 Å². The minimum atomic E-state index is -0.221. The van der Waals surface area contributed by atoms with E-state index in [0.29, 0.717) is 6.42 Å². The minimum Gasteiger partial charge on any atom is -0.857 e. The maximum atomic E-state index is 11.5. The number of nitrogens with zero attached hydrogens (tertiary/aromatic N) is 2. The van der Waals surface area contributed by atoms with Gasteiger partial charge >= 0.3 is 0 Å². The maximum Gasteiger partial charge on any atom is 0.204 e. The molecule has 0 atom stereocenters. The molecule has 0 bridgehead atoms. The van der Waals surface area contributed by atoms with Gasteiger partial charge in [0.15, 0.2) is 5.54 Å². The number of benzene rings is 1. The smallest absolute Gasteiger partial charge is 0.204 e. The van der Waals surface area contributed by atoms with Gasteiger partial charge in [-0.25, -0.2) is 0 Å². The van der Waals surface area contributed by atoms with Crippen LogP contribution in [0.15, 0.2) is 17.2 Å². The molecule has 3 heteroatoms. The lowest BCUT2D eigenvalue weighted by Crippen LogP contribution is -2.31. The number of aryl methyl sites for hydroxylation is 3. The summed E-state index contributed by atoms with van der Waals surface area (Å²) in [5.41, 5.74) is 4.64. The van der Waals surface area contributed by atoms with E-state index in [-0.39, 0.29) is 11.4 Å². The highest BCUT2D eigenvalue weighted by Crippen LogP contribution is 2.22. The van der Waals surface area contributed by atoms with Crippen molar-refractivity contribution in [1.82, 2.24) is 0 Å². The van der Waals surface area contributed by atoms with Crippen molar-refractivity contribution in [2.45, 2.75) is 46.6 Å². The quantitative estimate of drug-likeness (QED) is 0.695. The molecule has 1 heterocycles. The minimum absolute atomic E-state index is 0.0429. The summed E-state index contributed by atoms with van der Waals surface area (Å²) in [7, 11) is 0. The first-order chi connectivity index (χ1) is 8.29. The molecule has 0 N–H and O–H groups in total. The van der Waals surface area contributed by atoms with Crippen LogP contribution in [0, 0.1) is 20.8 Å². The van der Waals surface area contributed by atoms with Crippen LogP contribution in [0.1, 0.15) is 42.5 Å². The molecule has 0 radical (unpaired) electrons. The van der Waals surface area contributed by atoms with E-state index in [2.05, 4.69) is 38.0 Å². The highest BCUT2D eigenvalue weighted by molar-refractivity contribution is 5.82. The van der Waals surface area contributed by atoms with Gasteiger partial charge in [0.2, 0.25) is 6.21 Å². The van der Waals surface area contributed by atoms with Gasteiger partial charge in [0.25, 0.3) is 0 Å². The lowest BCUT2D eigenvalue weighted by molar-refractivity contribution is -0.591. The molecule has 2 rings (SSSR count). The van der Waals surface area contributed by atoms with Gasteiger partial charge in [-0.05, 0) is 37.0 Å². The lowest BCUT2D eigenvalue weighted by Gasteiger charge is -2.12. The normalized spacial score (nSPS) is 20.3. The SMILES string of the molecule is Cc1cc(C)c(/C=[N+]2\N=C([O-])CC2(C)C)c(C)c1. The molecule has 96 valence electrons. The Bertz CT molecular complexity index is 531. The Balaban J connectivity index is 2.52. The van der Waals surface area contributed by atoms with Crippen molar-refractivity contribution < 1.29 is 9.79 Å². The van der Waals surface area contributed by atoms with Crippen molar-refractivity contribution in [3.05, 3.63) is 34.4 Å². The van der Waals surface area contributed by atoms with Gasteiger partial charge in [0.1, 0.15) is 0 Å². The monoisotopic (exact) mass is 244 g/mol. The molecule has 0 spiro atoms. The predicted octanol–water partition coefficient (Wildman–Crippen LogP) is 1.90. The summed E-state index contributed by atoms with van der Waals surface area (Å²) < 4.78 is 1.81. The average Bonchev–Trinajstić information content (AvgIpc) is 2.45. The van der Waals surface area contributed by atoms with Crippen molar-refractivity contribution in [3.63, 3.8) is 0 Å². The second-order valence-electron chi connectivity index (χ2n) is 5.77. The number of hydrogen-bond acceptors (Lipinski definition) is 2. The Morgan fingerprint density at radius 2 is 1.78 bits per heavy atom. The van der Waals surface area contributed by atoms with Crippen molar-refractivity contribution >= 4 is 12.1 Å². The van der Waals surface area contributed by atoms with E-state index >= 15 is 0 Å². The van der Waals surface area contributed by atoms with Gasteiger partial charge in [-0.15, -0.1) is 0 Å².